The summed E-state index contributed by atoms with van der Waals surface area (Å²) in [7, 11) is 2.95. The van der Waals surface area contributed by atoms with E-state index in [4.69, 9.17) is 14.2 Å². The Morgan fingerprint density at radius 3 is 2.45 bits per heavy atom. The molecule has 2 aromatic rings. The van der Waals surface area contributed by atoms with E-state index in [0.29, 0.717) is 17.0 Å². The van der Waals surface area contributed by atoms with Crippen molar-refractivity contribution in [3.8, 4) is 11.5 Å². The number of H-pyrrole nitrogens is 1. The fraction of sp³-hybridized carbons (Fsp3) is 0.286. The monoisotopic (exact) mass is 277 g/mol. The molecule has 2 rings (SSSR count). The molecule has 0 spiro atoms. The lowest BCUT2D eigenvalue weighted by Gasteiger charge is -2.10. The van der Waals surface area contributed by atoms with Crippen LogP contribution in [-0.4, -0.2) is 31.8 Å². The van der Waals surface area contributed by atoms with Crippen LogP contribution in [-0.2, 0) is 4.74 Å². The summed E-state index contributed by atoms with van der Waals surface area (Å²) in [5.41, 5.74) is -0.0382. The van der Waals surface area contributed by atoms with Gasteiger partial charge in [0.1, 0.15) is 17.1 Å². The van der Waals surface area contributed by atoms with E-state index in [2.05, 4.69) is 4.98 Å². The number of benzene rings is 1. The van der Waals surface area contributed by atoms with Gasteiger partial charge in [0.25, 0.3) is 0 Å². The summed E-state index contributed by atoms with van der Waals surface area (Å²) in [5, 5.41) is 0.261. The fourth-order valence-electron chi connectivity index (χ4n) is 1.98. The third-order valence-electron chi connectivity index (χ3n) is 2.90. The Labute approximate surface area is 115 Å². The first-order valence-corrected chi connectivity index (χ1v) is 6.07. The first-order chi connectivity index (χ1) is 9.63. The zero-order chi connectivity index (χ0) is 14.7. The Kier molecular flexibility index (Phi) is 3.93. The zero-order valence-corrected chi connectivity index (χ0v) is 11.5. The van der Waals surface area contributed by atoms with Crippen LogP contribution >= 0.6 is 0 Å². The second kappa shape index (κ2) is 5.64. The molecule has 6 nitrogen and oxygen atoms in total. The van der Waals surface area contributed by atoms with E-state index in [1.54, 1.807) is 19.1 Å². The van der Waals surface area contributed by atoms with Crippen LogP contribution in [0.25, 0.3) is 10.9 Å². The van der Waals surface area contributed by atoms with Gasteiger partial charge in [-0.3, -0.25) is 4.79 Å². The Hall–Kier alpha value is -2.50. The van der Waals surface area contributed by atoms with Crippen LogP contribution in [0.5, 0.6) is 11.5 Å². The van der Waals surface area contributed by atoms with Gasteiger partial charge < -0.3 is 19.2 Å². The molecule has 1 heterocycles. The highest BCUT2D eigenvalue weighted by Crippen LogP contribution is 2.29. The maximum atomic E-state index is 12.4. The Morgan fingerprint density at radius 2 is 1.85 bits per heavy atom. The van der Waals surface area contributed by atoms with Crippen LogP contribution in [0.1, 0.15) is 17.3 Å². The molecule has 0 saturated carbocycles. The van der Waals surface area contributed by atoms with Crippen molar-refractivity contribution >= 4 is 16.9 Å². The van der Waals surface area contributed by atoms with E-state index in [0.717, 1.165) is 0 Å². The molecule has 1 N–H and O–H groups in total. The number of carbonyl (C=O) groups excluding carboxylic acids is 1. The van der Waals surface area contributed by atoms with E-state index in [-0.39, 0.29) is 17.6 Å². The number of carbonyl (C=O) groups is 1. The van der Waals surface area contributed by atoms with Gasteiger partial charge in [0.2, 0.25) is 5.43 Å². The molecule has 1 aromatic heterocycles. The number of methoxy groups -OCH3 is 2. The van der Waals surface area contributed by atoms with E-state index >= 15 is 0 Å². The number of hydrogen-bond donors (Lipinski definition) is 1. The normalized spacial score (nSPS) is 10.3. The van der Waals surface area contributed by atoms with Crippen LogP contribution in [0, 0.1) is 0 Å². The lowest BCUT2D eigenvalue weighted by molar-refractivity contribution is 0.0524. The Bertz CT molecular complexity index is 705. The van der Waals surface area contributed by atoms with E-state index in [1.807, 2.05) is 0 Å². The van der Waals surface area contributed by atoms with Gasteiger partial charge >= 0.3 is 5.97 Å². The highest BCUT2D eigenvalue weighted by atomic mass is 16.5. The molecule has 0 aliphatic rings. The minimum Gasteiger partial charge on any atom is -0.496 e. The van der Waals surface area contributed by atoms with Crippen LogP contribution in [0.3, 0.4) is 0 Å². The van der Waals surface area contributed by atoms with E-state index in [1.165, 1.54) is 20.4 Å². The van der Waals surface area contributed by atoms with Gasteiger partial charge in [-0.2, -0.15) is 0 Å². The molecule has 0 fully saturated rings. The largest absolute Gasteiger partial charge is 0.496 e. The average molecular weight is 277 g/mol. The van der Waals surface area contributed by atoms with Gasteiger partial charge in [-0.05, 0) is 19.1 Å². The molecular weight excluding hydrogens is 262 g/mol. The van der Waals surface area contributed by atoms with Crippen molar-refractivity contribution in [1.29, 1.82) is 0 Å². The Balaban J connectivity index is 2.77. The third kappa shape index (κ3) is 2.20. The zero-order valence-electron chi connectivity index (χ0n) is 11.5. The molecule has 0 saturated heterocycles. The first kappa shape index (κ1) is 13.9. The number of nitrogens with one attached hydrogen (secondary N) is 1. The standard InChI is InChI=1S/C14H15NO5/c1-4-20-14(17)8-7-15-12-10(19-3)6-5-9(18-2)11(12)13(8)16/h5-7H,4H2,1-3H3,(H,15,16). The van der Waals surface area contributed by atoms with Gasteiger partial charge in [-0.15, -0.1) is 0 Å². The summed E-state index contributed by atoms with van der Waals surface area (Å²) in [4.78, 5) is 27.1. The van der Waals surface area contributed by atoms with Crippen LogP contribution in [0.4, 0.5) is 0 Å². The van der Waals surface area contributed by atoms with Gasteiger partial charge in [0.15, 0.2) is 0 Å². The summed E-state index contributed by atoms with van der Waals surface area (Å²) in [6.07, 6.45) is 1.32. The molecule has 0 bridgehead atoms. The predicted molar refractivity (Wildman–Crippen MR) is 73.6 cm³/mol. The molecule has 106 valence electrons. The number of aromatic nitrogens is 1. The SMILES string of the molecule is CCOC(=O)c1c[nH]c2c(OC)ccc(OC)c2c1=O. The number of rotatable bonds is 4. The fourth-order valence-corrected chi connectivity index (χ4v) is 1.98. The third-order valence-corrected chi connectivity index (χ3v) is 2.90. The molecule has 0 aliphatic carbocycles. The van der Waals surface area contributed by atoms with Crippen LogP contribution in [0.15, 0.2) is 23.1 Å². The van der Waals surface area contributed by atoms with Gasteiger partial charge in [-0.1, -0.05) is 0 Å². The highest BCUT2D eigenvalue weighted by molar-refractivity contribution is 5.97. The van der Waals surface area contributed by atoms with Crippen molar-refractivity contribution in [2.75, 3.05) is 20.8 Å². The summed E-state index contributed by atoms with van der Waals surface area (Å²) in [6.45, 7) is 1.88. The lowest BCUT2D eigenvalue weighted by atomic mass is 10.1. The van der Waals surface area contributed by atoms with E-state index in [9.17, 15) is 9.59 Å². The van der Waals surface area contributed by atoms with Gasteiger partial charge in [0, 0.05) is 6.20 Å². The molecule has 0 unspecified atom stereocenters. The average Bonchev–Trinajstić information content (AvgIpc) is 2.46. The molecule has 6 heteroatoms. The summed E-state index contributed by atoms with van der Waals surface area (Å²) in [5.74, 6) is 0.196. The molecule has 20 heavy (non-hydrogen) atoms. The molecular formula is C14H15NO5. The number of ether oxygens (including phenoxy) is 3. The molecule has 0 aliphatic heterocycles. The maximum absolute atomic E-state index is 12.4. The van der Waals surface area contributed by atoms with Crippen molar-refractivity contribution in [3.63, 3.8) is 0 Å². The predicted octanol–water partition coefficient (Wildman–Crippen LogP) is 1.72. The second-order valence-electron chi connectivity index (χ2n) is 3.97. The maximum Gasteiger partial charge on any atom is 0.343 e. The molecule has 0 atom stereocenters. The van der Waals surface area contributed by atoms with E-state index < -0.39 is 11.4 Å². The van der Waals surface area contributed by atoms with Crippen LogP contribution < -0.4 is 14.9 Å². The number of esters is 1. The number of fused-ring (bicyclic) bond motifs is 1. The van der Waals surface area contributed by atoms with Gasteiger partial charge in [0.05, 0.1) is 31.7 Å². The van der Waals surface area contributed by atoms with Crippen molar-refractivity contribution < 1.29 is 19.0 Å². The van der Waals surface area contributed by atoms with Crippen molar-refractivity contribution in [2.24, 2.45) is 0 Å². The van der Waals surface area contributed by atoms with Crippen molar-refractivity contribution in [1.82, 2.24) is 4.98 Å². The second-order valence-corrected chi connectivity index (χ2v) is 3.97. The first-order valence-electron chi connectivity index (χ1n) is 6.07. The Morgan fingerprint density at radius 1 is 1.20 bits per heavy atom. The molecule has 0 amide bonds. The van der Waals surface area contributed by atoms with Crippen LogP contribution in [0.2, 0.25) is 0 Å². The topological polar surface area (TPSA) is 77.6 Å². The smallest absolute Gasteiger partial charge is 0.343 e. The summed E-state index contributed by atoms with van der Waals surface area (Å²) >= 11 is 0. The number of pyridine rings is 1. The van der Waals surface area contributed by atoms with Crippen molar-refractivity contribution in [2.45, 2.75) is 6.92 Å². The minimum absolute atomic E-state index is 0.0640. The number of aromatic amines is 1. The number of hydrogen-bond acceptors (Lipinski definition) is 5. The summed E-state index contributed by atoms with van der Waals surface area (Å²) < 4.78 is 15.2. The quantitative estimate of drug-likeness (QED) is 0.861. The highest BCUT2D eigenvalue weighted by Gasteiger charge is 2.18. The lowest BCUT2D eigenvalue weighted by Crippen LogP contribution is -2.18. The minimum atomic E-state index is -0.666. The summed E-state index contributed by atoms with van der Waals surface area (Å²) in [6, 6.07) is 3.30. The van der Waals surface area contributed by atoms with Crippen molar-refractivity contribution in [3.05, 3.63) is 34.1 Å². The van der Waals surface area contributed by atoms with Gasteiger partial charge in [-0.25, -0.2) is 4.79 Å². The molecule has 0 radical (unpaired) electrons. The molecule has 1 aromatic carbocycles.